The lowest BCUT2D eigenvalue weighted by Gasteiger charge is -2.28. The molecule has 4 rings (SSSR count). The molecule has 6 heteroatoms. The topological polar surface area (TPSA) is 81.7 Å². The van der Waals surface area contributed by atoms with Gasteiger partial charge in [-0.25, -0.2) is 4.79 Å². The molecule has 3 amide bonds. The minimum Gasteiger partial charge on any atom is -0.391 e. The van der Waals surface area contributed by atoms with Gasteiger partial charge in [-0.15, -0.1) is 0 Å². The molecule has 1 saturated carbocycles. The first-order chi connectivity index (χ1) is 13.6. The number of hydrogen-bond donors (Lipinski definition) is 3. The summed E-state index contributed by atoms with van der Waals surface area (Å²) in [6.07, 6.45) is 3.84. The summed E-state index contributed by atoms with van der Waals surface area (Å²) in [6.45, 7) is 0.663. The monoisotopic (exact) mass is 379 g/mol. The van der Waals surface area contributed by atoms with E-state index in [0.717, 1.165) is 31.4 Å². The van der Waals surface area contributed by atoms with E-state index in [1.54, 1.807) is 29.2 Å². The number of rotatable bonds is 3. The maximum absolute atomic E-state index is 13.0. The van der Waals surface area contributed by atoms with Crippen LogP contribution in [-0.4, -0.2) is 35.7 Å². The maximum atomic E-state index is 13.0. The van der Waals surface area contributed by atoms with Crippen LogP contribution in [0.5, 0.6) is 0 Å². The first kappa shape index (κ1) is 18.5. The van der Waals surface area contributed by atoms with Crippen molar-refractivity contribution in [2.45, 2.75) is 44.2 Å². The van der Waals surface area contributed by atoms with Crippen molar-refractivity contribution >= 4 is 23.3 Å². The number of carbonyl (C=O) groups is 2. The van der Waals surface area contributed by atoms with Crippen molar-refractivity contribution in [3.63, 3.8) is 0 Å². The van der Waals surface area contributed by atoms with Crippen LogP contribution in [0.3, 0.4) is 0 Å². The van der Waals surface area contributed by atoms with Crippen LogP contribution in [-0.2, 0) is 6.42 Å². The Balaban J connectivity index is 1.43. The molecule has 1 aliphatic heterocycles. The number of anilines is 2. The van der Waals surface area contributed by atoms with E-state index >= 15 is 0 Å². The van der Waals surface area contributed by atoms with Gasteiger partial charge in [0.05, 0.1) is 12.1 Å². The second kappa shape index (κ2) is 8.02. The molecule has 6 nitrogen and oxygen atoms in total. The number of aliphatic hydroxyl groups is 1. The Labute approximate surface area is 164 Å². The van der Waals surface area contributed by atoms with Crippen molar-refractivity contribution in [3.05, 3.63) is 59.7 Å². The van der Waals surface area contributed by atoms with Crippen molar-refractivity contribution < 1.29 is 14.7 Å². The highest BCUT2D eigenvalue weighted by molar-refractivity contribution is 6.08. The Hall–Kier alpha value is -2.86. The van der Waals surface area contributed by atoms with E-state index in [4.69, 9.17) is 0 Å². The van der Waals surface area contributed by atoms with Gasteiger partial charge in [-0.1, -0.05) is 37.1 Å². The van der Waals surface area contributed by atoms with E-state index in [-0.39, 0.29) is 18.0 Å². The maximum Gasteiger partial charge on any atom is 0.319 e. The summed E-state index contributed by atoms with van der Waals surface area (Å²) in [5, 5.41) is 15.6. The Morgan fingerprint density at radius 2 is 1.86 bits per heavy atom. The van der Waals surface area contributed by atoms with Gasteiger partial charge in [0, 0.05) is 23.5 Å². The largest absolute Gasteiger partial charge is 0.391 e. The van der Waals surface area contributed by atoms with Gasteiger partial charge < -0.3 is 20.6 Å². The number of amides is 3. The van der Waals surface area contributed by atoms with E-state index < -0.39 is 6.10 Å². The fourth-order valence-electron chi connectivity index (χ4n) is 4.05. The molecule has 1 aliphatic carbocycles. The molecule has 28 heavy (non-hydrogen) atoms. The lowest BCUT2D eigenvalue weighted by molar-refractivity contribution is 0.0955. The molecule has 2 unspecified atom stereocenters. The first-order valence-corrected chi connectivity index (χ1v) is 9.87. The molecule has 3 N–H and O–H groups in total. The van der Waals surface area contributed by atoms with Crippen molar-refractivity contribution in [2.24, 2.45) is 0 Å². The Morgan fingerprint density at radius 1 is 1.04 bits per heavy atom. The number of aliphatic hydroxyl groups excluding tert-OH is 1. The number of hydrogen-bond acceptors (Lipinski definition) is 3. The summed E-state index contributed by atoms with van der Waals surface area (Å²) in [6, 6.07) is 14.3. The van der Waals surface area contributed by atoms with Gasteiger partial charge in [0.25, 0.3) is 5.91 Å². The zero-order chi connectivity index (χ0) is 19.5. The second-order valence-corrected chi connectivity index (χ2v) is 7.47. The van der Waals surface area contributed by atoms with Crippen LogP contribution in [0, 0.1) is 0 Å². The van der Waals surface area contributed by atoms with Gasteiger partial charge in [0.2, 0.25) is 0 Å². The second-order valence-electron chi connectivity index (χ2n) is 7.47. The molecule has 2 atom stereocenters. The zero-order valence-corrected chi connectivity index (χ0v) is 15.7. The molecule has 2 aromatic carbocycles. The SMILES string of the molecule is O=C(Nc1cccc(C(=O)N2CCc3ccccc32)c1)NC1CCCCC1O. The zero-order valence-electron chi connectivity index (χ0n) is 15.7. The molecule has 146 valence electrons. The number of para-hydroxylation sites is 1. The molecular formula is C22H25N3O3. The van der Waals surface area contributed by atoms with Crippen LogP contribution in [0.15, 0.2) is 48.5 Å². The van der Waals surface area contributed by atoms with Crippen LogP contribution in [0.1, 0.15) is 41.6 Å². The van der Waals surface area contributed by atoms with Crippen LogP contribution in [0.25, 0.3) is 0 Å². The summed E-state index contributed by atoms with van der Waals surface area (Å²) in [7, 11) is 0. The van der Waals surface area contributed by atoms with Crippen LogP contribution < -0.4 is 15.5 Å². The summed E-state index contributed by atoms with van der Waals surface area (Å²) in [5.41, 5.74) is 3.22. The van der Waals surface area contributed by atoms with Gasteiger partial charge in [0.15, 0.2) is 0 Å². The molecule has 2 aliphatic rings. The van der Waals surface area contributed by atoms with Crippen molar-refractivity contribution in [1.29, 1.82) is 0 Å². The molecule has 1 fully saturated rings. The van der Waals surface area contributed by atoms with Crippen molar-refractivity contribution in [1.82, 2.24) is 5.32 Å². The predicted molar refractivity (Wildman–Crippen MR) is 109 cm³/mol. The Kier molecular flexibility index (Phi) is 5.30. The molecule has 0 aromatic heterocycles. The summed E-state index contributed by atoms with van der Waals surface area (Å²) >= 11 is 0. The first-order valence-electron chi connectivity index (χ1n) is 9.87. The summed E-state index contributed by atoms with van der Waals surface area (Å²) in [5.74, 6) is -0.0725. The fraction of sp³-hybridized carbons (Fsp3) is 0.364. The van der Waals surface area contributed by atoms with Crippen LogP contribution in [0.2, 0.25) is 0 Å². The number of carbonyl (C=O) groups excluding carboxylic acids is 2. The van der Waals surface area contributed by atoms with Crippen LogP contribution >= 0.6 is 0 Å². The number of urea groups is 1. The Bertz CT molecular complexity index is 883. The normalized spacial score (nSPS) is 21.1. The quantitative estimate of drug-likeness (QED) is 0.765. The average molecular weight is 379 g/mol. The third-order valence-electron chi connectivity index (χ3n) is 5.55. The van der Waals surface area contributed by atoms with E-state index in [0.29, 0.717) is 24.2 Å². The van der Waals surface area contributed by atoms with Crippen molar-refractivity contribution in [3.8, 4) is 0 Å². The molecule has 0 bridgehead atoms. The standard InChI is InChI=1S/C22H25N3O3/c26-20-11-4-2-9-18(20)24-22(28)23-17-8-5-7-16(14-17)21(27)25-13-12-15-6-1-3-10-19(15)25/h1,3,5-8,10,14,18,20,26H,2,4,9,11-13H2,(H2,23,24,28). The third kappa shape index (κ3) is 3.87. The number of nitrogens with one attached hydrogen (secondary N) is 2. The van der Waals surface area contributed by atoms with Crippen molar-refractivity contribution in [2.75, 3.05) is 16.8 Å². The van der Waals surface area contributed by atoms with E-state index in [1.165, 1.54) is 5.56 Å². The molecule has 0 spiro atoms. The third-order valence-corrected chi connectivity index (χ3v) is 5.55. The average Bonchev–Trinajstić information content (AvgIpc) is 3.13. The highest BCUT2D eigenvalue weighted by atomic mass is 16.3. The molecule has 2 aromatic rings. The van der Waals surface area contributed by atoms with E-state index in [9.17, 15) is 14.7 Å². The molecule has 1 heterocycles. The van der Waals surface area contributed by atoms with E-state index in [1.807, 2.05) is 24.3 Å². The number of benzene rings is 2. The van der Waals surface area contributed by atoms with Gasteiger partial charge in [-0.3, -0.25) is 4.79 Å². The number of nitrogens with zero attached hydrogens (tertiary/aromatic N) is 1. The lowest BCUT2D eigenvalue weighted by atomic mass is 9.93. The smallest absolute Gasteiger partial charge is 0.319 e. The molecule has 0 saturated heterocycles. The minimum atomic E-state index is -0.498. The summed E-state index contributed by atoms with van der Waals surface area (Å²) < 4.78 is 0. The highest BCUT2D eigenvalue weighted by Crippen LogP contribution is 2.29. The van der Waals surface area contributed by atoms with E-state index in [2.05, 4.69) is 10.6 Å². The van der Waals surface area contributed by atoms with Gasteiger partial charge >= 0.3 is 6.03 Å². The lowest BCUT2D eigenvalue weighted by Crippen LogP contribution is -2.46. The minimum absolute atomic E-state index is 0.0725. The fourth-order valence-corrected chi connectivity index (χ4v) is 4.05. The Morgan fingerprint density at radius 3 is 2.71 bits per heavy atom. The molecule has 0 radical (unpaired) electrons. The van der Waals surface area contributed by atoms with Crippen LogP contribution in [0.4, 0.5) is 16.2 Å². The van der Waals surface area contributed by atoms with Gasteiger partial charge in [-0.05, 0) is 49.1 Å². The summed E-state index contributed by atoms with van der Waals surface area (Å²) in [4.78, 5) is 27.1. The highest BCUT2D eigenvalue weighted by Gasteiger charge is 2.26. The van der Waals surface area contributed by atoms with Gasteiger partial charge in [0.1, 0.15) is 0 Å². The number of fused-ring (bicyclic) bond motifs is 1. The van der Waals surface area contributed by atoms with Gasteiger partial charge in [-0.2, -0.15) is 0 Å². The predicted octanol–water partition coefficient (Wildman–Crippen LogP) is 3.31. The molecular weight excluding hydrogens is 354 g/mol.